The summed E-state index contributed by atoms with van der Waals surface area (Å²) in [4.78, 5) is 28.7. The molecule has 0 aliphatic carbocycles. The highest BCUT2D eigenvalue weighted by atomic mass is 35.5. The first-order valence-electron chi connectivity index (χ1n) is 8.47. The second kappa shape index (κ2) is 6.52. The predicted molar refractivity (Wildman–Crippen MR) is 106 cm³/mol. The van der Waals surface area contributed by atoms with Crippen molar-refractivity contribution in [3.8, 4) is 0 Å². The third-order valence-electron chi connectivity index (χ3n) is 4.74. The van der Waals surface area contributed by atoms with Crippen molar-refractivity contribution in [1.29, 1.82) is 0 Å². The Balaban J connectivity index is 1.72. The summed E-state index contributed by atoms with van der Waals surface area (Å²) in [6, 6.07) is 14.4. The molecule has 7 heteroatoms. The molecule has 0 radical (unpaired) electrons. The standard InChI is InChI=1S/C19H18ClN3O2S/c1-2-22-16-9-4-3-8-15(16)19(17(22)24)23(10-11-26-19)18(25)21-14-7-5-6-13(20)12-14/h3-9,12H,2,10-11H2,1H3,(H,21,25). The van der Waals surface area contributed by atoms with Gasteiger partial charge in [0.2, 0.25) is 0 Å². The number of hydrogen-bond donors (Lipinski definition) is 1. The van der Waals surface area contributed by atoms with E-state index >= 15 is 0 Å². The number of nitrogens with one attached hydrogen (secondary N) is 1. The molecular weight excluding hydrogens is 370 g/mol. The van der Waals surface area contributed by atoms with E-state index in [4.69, 9.17) is 11.6 Å². The summed E-state index contributed by atoms with van der Waals surface area (Å²) in [5, 5.41) is 3.43. The highest BCUT2D eigenvalue weighted by Crippen LogP contribution is 2.53. The molecule has 4 rings (SSSR count). The molecule has 134 valence electrons. The van der Waals surface area contributed by atoms with E-state index < -0.39 is 4.87 Å². The zero-order valence-electron chi connectivity index (χ0n) is 14.2. The molecule has 26 heavy (non-hydrogen) atoms. The average Bonchev–Trinajstić information content (AvgIpc) is 3.17. The van der Waals surface area contributed by atoms with Gasteiger partial charge in [0.05, 0.1) is 5.69 Å². The second-order valence-electron chi connectivity index (χ2n) is 6.15. The molecule has 0 bridgehead atoms. The molecule has 1 fully saturated rings. The number of carbonyl (C=O) groups excluding carboxylic acids is 2. The van der Waals surface area contributed by atoms with Gasteiger partial charge in [-0.3, -0.25) is 9.69 Å². The zero-order valence-corrected chi connectivity index (χ0v) is 15.8. The normalized spacial score (nSPS) is 21.4. The van der Waals surface area contributed by atoms with Gasteiger partial charge in [0, 0.05) is 35.1 Å². The maximum absolute atomic E-state index is 13.3. The summed E-state index contributed by atoms with van der Waals surface area (Å²) < 4.78 is 0. The van der Waals surface area contributed by atoms with Gasteiger partial charge in [-0.15, -0.1) is 11.8 Å². The van der Waals surface area contributed by atoms with Crippen molar-refractivity contribution in [3.63, 3.8) is 0 Å². The van der Waals surface area contributed by atoms with Gasteiger partial charge in [-0.05, 0) is 31.2 Å². The summed E-state index contributed by atoms with van der Waals surface area (Å²) in [5.41, 5.74) is 2.38. The minimum atomic E-state index is -0.991. The van der Waals surface area contributed by atoms with Gasteiger partial charge in [-0.1, -0.05) is 35.9 Å². The first-order valence-corrected chi connectivity index (χ1v) is 9.84. The largest absolute Gasteiger partial charge is 0.323 e. The summed E-state index contributed by atoms with van der Waals surface area (Å²) >= 11 is 7.53. The third-order valence-corrected chi connectivity index (χ3v) is 6.39. The fourth-order valence-corrected chi connectivity index (χ4v) is 5.29. The Morgan fingerprint density at radius 3 is 2.85 bits per heavy atom. The molecule has 2 aromatic rings. The lowest BCUT2D eigenvalue weighted by Crippen LogP contribution is -2.51. The van der Waals surface area contributed by atoms with Crippen LogP contribution in [0, 0.1) is 0 Å². The zero-order chi connectivity index (χ0) is 18.3. The monoisotopic (exact) mass is 387 g/mol. The molecule has 1 unspecified atom stereocenters. The van der Waals surface area contributed by atoms with E-state index in [1.54, 1.807) is 34.1 Å². The molecule has 5 nitrogen and oxygen atoms in total. The van der Waals surface area contributed by atoms with Crippen LogP contribution in [0.1, 0.15) is 12.5 Å². The number of fused-ring (bicyclic) bond motifs is 2. The average molecular weight is 388 g/mol. The Labute approximate surface area is 161 Å². The third kappa shape index (κ3) is 2.47. The lowest BCUT2D eigenvalue weighted by molar-refractivity contribution is -0.123. The highest BCUT2D eigenvalue weighted by Gasteiger charge is 2.59. The number of rotatable bonds is 2. The van der Waals surface area contributed by atoms with E-state index in [0.717, 1.165) is 11.3 Å². The Kier molecular flexibility index (Phi) is 4.32. The minimum Gasteiger partial charge on any atom is -0.309 e. The topological polar surface area (TPSA) is 52.7 Å². The van der Waals surface area contributed by atoms with Crippen molar-refractivity contribution >= 4 is 46.7 Å². The van der Waals surface area contributed by atoms with E-state index in [1.165, 1.54) is 11.8 Å². The smallest absolute Gasteiger partial charge is 0.309 e. The van der Waals surface area contributed by atoms with Crippen LogP contribution in [0.15, 0.2) is 48.5 Å². The van der Waals surface area contributed by atoms with Gasteiger partial charge >= 0.3 is 6.03 Å². The Morgan fingerprint density at radius 2 is 2.08 bits per heavy atom. The van der Waals surface area contributed by atoms with Crippen LogP contribution in [-0.4, -0.2) is 35.7 Å². The van der Waals surface area contributed by atoms with Gasteiger partial charge in [-0.25, -0.2) is 4.79 Å². The first kappa shape index (κ1) is 17.2. The van der Waals surface area contributed by atoms with Crippen molar-refractivity contribution in [2.75, 3.05) is 29.1 Å². The molecule has 2 aliphatic rings. The van der Waals surface area contributed by atoms with Gasteiger partial charge < -0.3 is 10.2 Å². The van der Waals surface area contributed by atoms with Crippen LogP contribution in [0.4, 0.5) is 16.2 Å². The number of urea groups is 1. The summed E-state index contributed by atoms with van der Waals surface area (Å²) in [5.74, 6) is 0.658. The molecular formula is C19H18ClN3O2S. The molecule has 0 aromatic heterocycles. The van der Waals surface area contributed by atoms with Crippen molar-refractivity contribution in [2.24, 2.45) is 0 Å². The summed E-state index contributed by atoms with van der Waals surface area (Å²) in [6.07, 6.45) is 0. The fourth-order valence-electron chi connectivity index (χ4n) is 3.64. The van der Waals surface area contributed by atoms with Gasteiger partial charge in [-0.2, -0.15) is 0 Å². The lowest BCUT2D eigenvalue weighted by atomic mass is 10.1. The van der Waals surface area contributed by atoms with Crippen LogP contribution in [0.2, 0.25) is 5.02 Å². The number of nitrogens with zero attached hydrogens (tertiary/aromatic N) is 2. The van der Waals surface area contributed by atoms with Crippen LogP contribution < -0.4 is 10.2 Å². The van der Waals surface area contributed by atoms with Crippen LogP contribution in [0.25, 0.3) is 0 Å². The molecule has 2 heterocycles. The molecule has 3 amide bonds. The van der Waals surface area contributed by atoms with E-state index in [9.17, 15) is 9.59 Å². The molecule has 1 N–H and O–H groups in total. The SMILES string of the molecule is CCN1C(=O)C2(SCCN2C(=O)Nc2cccc(Cl)c2)c2ccccc21. The fraction of sp³-hybridized carbons (Fsp3) is 0.263. The summed E-state index contributed by atoms with van der Waals surface area (Å²) in [7, 11) is 0. The number of hydrogen-bond acceptors (Lipinski definition) is 3. The number of amides is 3. The van der Waals surface area contributed by atoms with Gasteiger partial charge in [0.15, 0.2) is 4.87 Å². The first-order chi connectivity index (χ1) is 12.6. The van der Waals surface area contributed by atoms with Crippen LogP contribution in [-0.2, 0) is 9.67 Å². The number of carbonyl (C=O) groups is 2. The van der Waals surface area contributed by atoms with Crippen molar-refractivity contribution < 1.29 is 9.59 Å². The number of thioether (sulfide) groups is 1. The summed E-state index contributed by atoms with van der Waals surface area (Å²) in [6.45, 7) is 3.03. The predicted octanol–water partition coefficient (Wildman–Crippen LogP) is 4.14. The van der Waals surface area contributed by atoms with Crippen LogP contribution >= 0.6 is 23.4 Å². The maximum Gasteiger partial charge on any atom is 0.323 e. The van der Waals surface area contributed by atoms with E-state index in [2.05, 4.69) is 5.32 Å². The molecule has 1 atom stereocenters. The van der Waals surface area contributed by atoms with Gasteiger partial charge in [0.25, 0.3) is 5.91 Å². The second-order valence-corrected chi connectivity index (χ2v) is 7.88. The molecule has 1 spiro atoms. The maximum atomic E-state index is 13.3. The van der Waals surface area contributed by atoms with E-state index in [1.807, 2.05) is 31.2 Å². The number of anilines is 2. The Bertz CT molecular complexity index is 891. The molecule has 1 saturated heterocycles. The van der Waals surface area contributed by atoms with Crippen LogP contribution in [0.3, 0.4) is 0 Å². The van der Waals surface area contributed by atoms with Crippen molar-refractivity contribution in [2.45, 2.75) is 11.8 Å². The minimum absolute atomic E-state index is 0.0510. The van der Waals surface area contributed by atoms with Crippen LogP contribution in [0.5, 0.6) is 0 Å². The molecule has 2 aliphatic heterocycles. The van der Waals surface area contributed by atoms with E-state index in [-0.39, 0.29) is 11.9 Å². The number of likely N-dealkylation sites (N-methyl/N-ethyl adjacent to an activating group) is 1. The van der Waals surface area contributed by atoms with Gasteiger partial charge in [0.1, 0.15) is 0 Å². The molecule has 2 aromatic carbocycles. The van der Waals surface area contributed by atoms with Crippen molar-refractivity contribution in [3.05, 3.63) is 59.1 Å². The van der Waals surface area contributed by atoms with Crippen molar-refractivity contribution in [1.82, 2.24) is 4.90 Å². The number of para-hydroxylation sites is 1. The quantitative estimate of drug-likeness (QED) is 0.842. The highest BCUT2D eigenvalue weighted by molar-refractivity contribution is 8.01. The lowest BCUT2D eigenvalue weighted by Gasteiger charge is -2.33. The number of halogens is 1. The number of benzene rings is 2. The molecule has 0 saturated carbocycles. The Morgan fingerprint density at radius 1 is 1.27 bits per heavy atom. The van der Waals surface area contributed by atoms with E-state index in [0.29, 0.717) is 29.6 Å². The Hall–Kier alpha value is -2.18.